The Labute approximate surface area is 222 Å². The molecule has 0 aromatic rings. The fraction of sp³-hybridized carbons (Fsp3) is 0.939. The van der Waals surface area contributed by atoms with Gasteiger partial charge >= 0.3 is 0 Å². The van der Waals surface area contributed by atoms with Gasteiger partial charge in [0.2, 0.25) is 0 Å². The van der Waals surface area contributed by atoms with E-state index in [1.807, 2.05) is 0 Å². The number of rotatable bonds is 27. The van der Waals surface area contributed by atoms with Crippen LogP contribution in [0.25, 0.3) is 0 Å². The molecule has 0 spiro atoms. The lowest BCUT2D eigenvalue weighted by Gasteiger charge is -2.33. The summed E-state index contributed by atoms with van der Waals surface area (Å²) in [5.41, 5.74) is 0. The lowest BCUT2D eigenvalue weighted by Crippen LogP contribution is -2.39. The van der Waals surface area contributed by atoms with Crippen molar-refractivity contribution in [3.63, 3.8) is 0 Å². The fourth-order valence-corrected chi connectivity index (χ4v) is 5.72. The Hall–Kier alpha value is -0.660. The molecule has 0 N–H and O–H groups in total. The molecule has 0 radical (unpaired) electrons. The molecule has 1 unspecified atom stereocenters. The van der Waals surface area contributed by atoms with Crippen molar-refractivity contribution >= 4 is 0 Å². The van der Waals surface area contributed by atoms with E-state index in [4.69, 9.17) is 0 Å². The SMILES string of the molecule is CCCCCCCCCCCCCCCCC1N(CCC)C=CN1CCCCCCCCCCC. The average molecular weight is 491 g/mol. The van der Waals surface area contributed by atoms with E-state index in [0.29, 0.717) is 6.17 Å². The minimum Gasteiger partial charge on any atom is -0.356 e. The van der Waals surface area contributed by atoms with Gasteiger partial charge in [-0.25, -0.2) is 0 Å². The third kappa shape index (κ3) is 18.3. The van der Waals surface area contributed by atoms with Crippen molar-refractivity contribution < 1.29 is 0 Å². The summed E-state index contributed by atoms with van der Waals surface area (Å²) in [5.74, 6) is 0. The second kappa shape index (κ2) is 25.0. The second-order valence-corrected chi connectivity index (χ2v) is 11.5. The number of nitrogens with zero attached hydrogens (tertiary/aromatic N) is 2. The maximum atomic E-state index is 2.67. The van der Waals surface area contributed by atoms with E-state index in [-0.39, 0.29) is 0 Å². The third-order valence-corrected chi connectivity index (χ3v) is 8.03. The van der Waals surface area contributed by atoms with E-state index >= 15 is 0 Å². The van der Waals surface area contributed by atoms with E-state index in [0.717, 1.165) is 0 Å². The summed E-state index contributed by atoms with van der Waals surface area (Å²) in [6, 6.07) is 0. The molecule has 1 atom stereocenters. The minimum atomic E-state index is 0.640. The zero-order valence-corrected chi connectivity index (χ0v) is 24.7. The summed E-state index contributed by atoms with van der Waals surface area (Å²) in [6.07, 6.45) is 41.1. The summed E-state index contributed by atoms with van der Waals surface area (Å²) in [4.78, 5) is 5.29. The summed E-state index contributed by atoms with van der Waals surface area (Å²) >= 11 is 0. The smallest absolute Gasteiger partial charge is 0.101 e. The Morgan fingerprint density at radius 3 is 1.11 bits per heavy atom. The second-order valence-electron chi connectivity index (χ2n) is 11.5. The lowest BCUT2D eigenvalue weighted by atomic mass is 10.0. The van der Waals surface area contributed by atoms with Gasteiger partial charge < -0.3 is 9.80 Å². The highest BCUT2D eigenvalue weighted by Crippen LogP contribution is 2.23. The molecule has 0 bridgehead atoms. The quantitative estimate of drug-likeness (QED) is 0.106. The van der Waals surface area contributed by atoms with E-state index in [1.54, 1.807) is 0 Å². The predicted octanol–water partition coefficient (Wildman–Crippen LogP) is 11.2. The van der Waals surface area contributed by atoms with Gasteiger partial charge in [-0.15, -0.1) is 0 Å². The zero-order valence-electron chi connectivity index (χ0n) is 24.7. The van der Waals surface area contributed by atoms with E-state index in [9.17, 15) is 0 Å². The van der Waals surface area contributed by atoms with Gasteiger partial charge in [0.25, 0.3) is 0 Å². The summed E-state index contributed by atoms with van der Waals surface area (Å²) in [6.45, 7) is 9.41. The van der Waals surface area contributed by atoms with Gasteiger partial charge in [0.15, 0.2) is 0 Å². The monoisotopic (exact) mass is 491 g/mol. The summed E-state index contributed by atoms with van der Waals surface area (Å²) in [5, 5.41) is 0. The first-order chi connectivity index (χ1) is 17.3. The Morgan fingerprint density at radius 2 is 0.714 bits per heavy atom. The molecule has 0 saturated carbocycles. The molecule has 1 heterocycles. The van der Waals surface area contributed by atoms with Gasteiger partial charge in [-0.05, 0) is 25.7 Å². The molecule has 0 fully saturated rings. The molecule has 0 aromatic heterocycles. The van der Waals surface area contributed by atoms with Crippen molar-refractivity contribution in [2.75, 3.05) is 13.1 Å². The maximum absolute atomic E-state index is 2.67. The molecule has 0 aliphatic carbocycles. The third-order valence-electron chi connectivity index (χ3n) is 8.03. The minimum absolute atomic E-state index is 0.640. The topological polar surface area (TPSA) is 6.48 Å². The first-order valence-electron chi connectivity index (χ1n) is 16.5. The molecule has 0 aromatic carbocycles. The predicted molar refractivity (Wildman–Crippen MR) is 159 cm³/mol. The molecule has 1 rings (SSSR count). The Morgan fingerprint density at radius 1 is 0.371 bits per heavy atom. The first-order valence-corrected chi connectivity index (χ1v) is 16.5. The average Bonchev–Trinajstić information content (AvgIpc) is 3.24. The van der Waals surface area contributed by atoms with Gasteiger partial charge in [-0.1, -0.05) is 156 Å². The van der Waals surface area contributed by atoms with Crippen LogP contribution in [-0.2, 0) is 0 Å². The lowest BCUT2D eigenvalue weighted by molar-refractivity contribution is 0.137. The van der Waals surface area contributed by atoms with E-state index < -0.39 is 0 Å². The molecule has 35 heavy (non-hydrogen) atoms. The highest BCUT2D eigenvalue weighted by molar-refractivity contribution is 4.96. The van der Waals surface area contributed by atoms with Crippen molar-refractivity contribution in [2.45, 2.75) is 187 Å². The number of hydrogen-bond donors (Lipinski definition) is 0. The van der Waals surface area contributed by atoms with Crippen LogP contribution in [0.5, 0.6) is 0 Å². The van der Waals surface area contributed by atoms with Crippen molar-refractivity contribution in [1.82, 2.24) is 9.80 Å². The molecule has 1 aliphatic rings. The Balaban J connectivity index is 2.03. The molecule has 2 heteroatoms. The van der Waals surface area contributed by atoms with Crippen molar-refractivity contribution in [1.29, 1.82) is 0 Å². The molecule has 208 valence electrons. The molecule has 0 saturated heterocycles. The van der Waals surface area contributed by atoms with Crippen LogP contribution in [0.2, 0.25) is 0 Å². The highest BCUT2D eigenvalue weighted by Gasteiger charge is 2.24. The zero-order chi connectivity index (χ0) is 25.2. The van der Waals surface area contributed by atoms with Crippen LogP contribution in [0.3, 0.4) is 0 Å². The molecule has 2 nitrogen and oxygen atoms in total. The fourth-order valence-electron chi connectivity index (χ4n) is 5.72. The summed E-state index contributed by atoms with van der Waals surface area (Å²) < 4.78 is 0. The van der Waals surface area contributed by atoms with Gasteiger partial charge in [-0.3, -0.25) is 0 Å². The van der Waals surface area contributed by atoms with Crippen LogP contribution in [0.15, 0.2) is 12.4 Å². The maximum Gasteiger partial charge on any atom is 0.101 e. The summed E-state index contributed by atoms with van der Waals surface area (Å²) in [7, 11) is 0. The highest BCUT2D eigenvalue weighted by atomic mass is 15.4. The van der Waals surface area contributed by atoms with Gasteiger partial charge in [0.05, 0.1) is 0 Å². The van der Waals surface area contributed by atoms with Crippen LogP contribution >= 0.6 is 0 Å². The van der Waals surface area contributed by atoms with Gasteiger partial charge in [0.1, 0.15) is 6.17 Å². The molecular weight excluding hydrogens is 424 g/mol. The van der Waals surface area contributed by atoms with Crippen molar-refractivity contribution in [3.05, 3.63) is 12.4 Å². The van der Waals surface area contributed by atoms with Crippen LogP contribution < -0.4 is 0 Å². The van der Waals surface area contributed by atoms with Gasteiger partial charge in [-0.2, -0.15) is 0 Å². The van der Waals surface area contributed by atoms with Gasteiger partial charge in [0, 0.05) is 25.5 Å². The van der Waals surface area contributed by atoms with Crippen LogP contribution in [-0.4, -0.2) is 29.1 Å². The Bertz CT molecular complexity index is 446. The van der Waals surface area contributed by atoms with E-state index in [1.165, 1.54) is 174 Å². The van der Waals surface area contributed by atoms with Crippen molar-refractivity contribution in [3.8, 4) is 0 Å². The standard InChI is InChI=1S/C33H66N2/c1-4-7-9-11-13-15-16-17-18-19-20-22-24-26-28-33-34(29-6-3)31-32-35(33)30-27-25-23-21-14-12-10-8-5-2/h31-33H,4-30H2,1-3H3. The molecule has 0 amide bonds. The van der Waals surface area contributed by atoms with Crippen LogP contribution in [0.1, 0.15) is 181 Å². The van der Waals surface area contributed by atoms with Crippen LogP contribution in [0, 0.1) is 0 Å². The van der Waals surface area contributed by atoms with Crippen molar-refractivity contribution in [2.24, 2.45) is 0 Å². The number of unbranched alkanes of at least 4 members (excludes halogenated alkanes) is 21. The largest absolute Gasteiger partial charge is 0.356 e. The number of hydrogen-bond acceptors (Lipinski definition) is 2. The van der Waals surface area contributed by atoms with E-state index in [2.05, 4.69) is 43.0 Å². The molecular formula is C33H66N2. The first kappa shape index (κ1) is 32.4. The normalized spacial score (nSPS) is 15.6. The Kier molecular flexibility index (Phi) is 23.1. The van der Waals surface area contributed by atoms with Crippen LogP contribution in [0.4, 0.5) is 0 Å². The molecule has 1 aliphatic heterocycles.